The minimum absolute atomic E-state index is 0.312. The van der Waals surface area contributed by atoms with E-state index in [0.29, 0.717) is 18.3 Å². The number of rotatable bonds is 7. The average Bonchev–Trinajstić information content (AvgIpc) is 2.35. The molecule has 18 heavy (non-hydrogen) atoms. The van der Waals surface area contributed by atoms with Gasteiger partial charge in [0.05, 0.1) is 0 Å². The molecule has 0 saturated carbocycles. The number of hydrogen-bond donors (Lipinski definition) is 1. The molecule has 1 N–H and O–H groups in total. The highest BCUT2D eigenvalue weighted by Gasteiger charge is 2.26. The van der Waals surface area contributed by atoms with E-state index in [4.69, 9.17) is 5.11 Å². The number of carboxylic acid groups (broad SMARTS) is 1. The van der Waals surface area contributed by atoms with Gasteiger partial charge in [-0.05, 0) is 37.1 Å². The smallest absolute Gasteiger partial charge is 0.303 e. The molecule has 0 spiro atoms. The Morgan fingerprint density at radius 2 is 2.06 bits per heavy atom. The first-order valence-electron chi connectivity index (χ1n) is 7.50. The maximum absolute atomic E-state index is 10.8. The van der Waals surface area contributed by atoms with E-state index in [-0.39, 0.29) is 0 Å². The van der Waals surface area contributed by atoms with Crippen molar-refractivity contribution in [2.75, 3.05) is 19.6 Å². The summed E-state index contributed by atoms with van der Waals surface area (Å²) < 4.78 is 0. The van der Waals surface area contributed by atoms with Gasteiger partial charge in [0, 0.05) is 19.5 Å². The van der Waals surface area contributed by atoms with Gasteiger partial charge in [-0.2, -0.15) is 0 Å². The monoisotopic (exact) mass is 255 g/mol. The maximum atomic E-state index is 10.8. The van der Waals surface area contributed by atoms with Crippen molar-refractivity contribution in [3.63, 3.8) is 0 Å². The van der Waals surface area contributed by atoms with Gasteiger partial charge in [0.1, 0.15) is 0 Å². The van der Waals surface area contributed by atoms with Crippen molar-refractivity contribution in [3.05, 3.63) is 0 Å². The van der Waals surface area contributed by atoms with Crippen LogP contribution in [0.15, 0.2) is 0 Å². The van der Waals surface area contributed by atoms with Crippen molar-refractivity contribution in [2.24, 2.45) is 17.8 Å². The van der Waals surface area contributed by atoms with E-state index in [1.807, 2.05) is 0 Å². The molecule has 0 aromatic heterocycles. The molecular formula is C15H29NO2. The minimum Gasteiger partial charge on any atom is -0.481 e. The van der Waals surface area contributed by atoms with E-state index in [1.165, 1.54) is 38.8 Å². The summed E-state index contributed by atoms with van der Waals surface area (Å²) in [5.41, 5.74) is 0. The highest BCUT2D eigenvalue weighted by atomic mass is 16.4. The first-order chi connectivity index (χ1) is 8.56. The fourth-order valence-electron chi connectivity index (χ4n) is 3.08. The molecule has 0 radical (unpaired) electrons. The summed E-state index contributed by atoms with van der Waals surface area (Å²) >= 11 is 0. The molecule has 3 nitrogen and oxygen atoms in total. The highest BCUT2D eigenvalue weighted by molar-refractivity contribution is 5.66. The topological polar surface area (TPSA) is 40.5 Å². The number of carbonyl (C=O) groups is 1. The third-order valence-corrected chi connectivity index (χ3v) is 4.51. The van der Waals surface area contributed by atoms with Crippen molar-refractivity contribution >= 4 is 5.97 Å². The van der Waals surface area contributed by atoms with E-state index >= 15 is 0 Å². The molecule has 1 saturated heterocycles. The molecule has 3 heteroatoms. The molecule has 2 atom stereocenters. The molecule has 1 heterocycles. The van der Waals surface area contributed by atoms with Crippen LogP contribution in [0.3, 0.4) is 0 Å². The second kappa shape index (κ2) is 7.78. The second-order valence-corrected chi connectivity index (χ2v) is 5.92. The van der Waals surface area contributed by atoms with E-state index in [9.17, 15) is 4.79 Å². The number of nitrogens with zero attached hydrogens (tertiary/aromatic N) is 1. The van der Waals surface area contributed by atoms with Crippen molar-refractivity contribution in [1.82, 2.24) is 4.90 Å². The lowest BCUT2D eigenvalue weighted by Gasteiger charge is -2.37. The van der Waals surface area contributed by atoms with Crippen LogP contribution in [0.1, 0.15) is 52.9 Å². The van der Waals surface area contributed by atoms with E-state index in [1.54, 1.807) is 0 Å². The second-order valence-electron chi connectivity index (χ2n) is 5.92. The standard InChI is InChI=1S/C15H29NO2/c1-4-13(5-2)10-16-8-6-7-14(11-16)12(3)9-15(17)18/h12-14H,4-11H2,1-3H3,(H,17,18). The Balaban J connectivity index is 2.42. The molecule has 0 bridgehead atoms. The molecule has 1 rings (SSSR count). The first-order valence-corrected chi connectivity index (χ1v) is 7.50. The van der Waals surface area contributed by atoms with Crippen LogP contribution in [-0.4, -0.2) is 35.6 Å². The Morgan fingerprint density at radius 1 is 1.39 bits per heavy atom. The fourth-order valence-corrected chi connectivity index (χ4v) is 3.08. The number of piperidine rings is 1. The lowest BCUT2D eigenvalue weighted by molar-refractivity contribution is -0.138. The van der Waals surface area contributed by atoms with Crippen molar-refractivity contribution < 1.29 is 9.90 Å². The maximum Gasteiger partial charge on any atom is 0.303 e. The SMILES string of the molecule is CCC(CC)CN1CCCC(C(C)CC(=O)O)C1. The quantitative estimate of drug-likeness (QED) is 0.759. The first kappa shape index (κ1) is 15.5. The van der Waals surface area contributed by atoms with Crippen LogP contribution in [0.5, 0.6) is 0 Å². The van der Waals surface area contributed by atoms with Crippen molar-refractivity contribution in [3.8, 4) is 0 Å². The van der Waals surface area contributed by atoms with E-state index in [2.05, 4.69) is 25.7 Å². The van der Waals surface area contributed by atoms with Gasteiger partial charge < -0.3 is 10.0 Å². The lowest BCUT2D eigenvalue weighted by atomic mass is 9.84. The molecule has 1 aliphatic heterocycles. The Bertz CT molecular complexity index is 251. The van der Waals surface area contributed by atoms with E-state index < -0.39 is 5.97 Å². The molecular weight excluding hydrogens is 226 g/mol. The van der Waals surface area contributed by atoms with Gasteiger partial charge in [-0.15, -0.1) is 0 Å². The van der Waals surface area contributed by atoms with Gasteiger partial charge in [0.2, 0.25) is 0 Å². The zero-order valence-electron chi connectivity index (χ0n) is 12.2. The molecule has 106 valence electrons. The molecule has 0 aromatic rings. The van der Waals surface area contributed by atoms with Gasteiger partial charge in [0.25, 0.3) is 0 Å². The Kier molecular flexibility index (Phi) is 6.69. The van der Waals surface area contributed by atoms with Crippen LogP contribution in [-0.2, 0) is 4.79 Å². The van der Waals surface area contributed by atoms with Crippen LogP contribution in [0.25, 0.3) is 0 Å². The predicted octanol–water partition coefficient (Wildman–Crippen LogP) is 3.25. The van der Waals surface area contributed by atoms with Gasteiger partial charge in [-0.25, -0.2) is 0 Å². The van der Waals surface area contributed by atoms with Crippen LogP contribution in [0.2, 0.25) is 0 Å². The zero-order chi connectivity index (χ0) is 13.5. The lowest BCUT2D eigenvalue weighted by Crippen LogP contribution is -2.40. The highest BCUT2D eigenvalue weighted by Crippen LogP contribution is 2.27. The summed E-state index contributed by atoms with van der Waals surface area (Å²) in [6, 6.07) is 0. The Labute approximate surface area is 112 Å². The fraction of sp³-hybridized carbons (Fsp3) is 0.933. The molecule has 0 amide bonds. The van der Waals surface area contributed by atoms with Crippen molar-refractivity contribution in [1.29, 1.82) is 0 Å². The normalized spacial score (nSPS) is 23.2. The third kappa shape index (κ3) is 4.97. The minimum atomic E-state index is -0.653. The number of hydrogen-bond acceptors (Lipinski definition) is 2. The van der Waals surface area contributed by atoms with Crippen LogP contribution < -0.4 is 0 Å². The average molecular weight is 255 g/mol. The number of carboxylic acids is 1. The summed E-state index contributed by atoms with van der Waals surface area (Å²) in [4.78, 5) is 13.4. The van der Waals surface area contributed by atoms with Crippen LogP contribution in [0.4, 0.5) is 0 Å². The summed E-state index contributed by atoms with van der Waals surface area (Å²) in [6.07, 6.45) is 5.26. The van der Waals surface area contributed by atoms with Gasteiger partial charge in [0.15, 0.2) is 0 Å². The molecule has 1 fully saturated rings. The van der Waals surface area contributed by atoms with Gasteiger partial charge >= 0.3 is 5.97 Å². The molecule has 0 aromatic carbocycles. The summed E-state index contributed by atoms with van der Waals surface area (Å²) in [5.74, 6) is 1.04. The summed E-state index contributed by atoms with van der Waals surface area (Å²) in [7, 11) is 0. The largest absolute Gasteiger partial charge is 0.481 e. The molecule has 2 unspecified atom stereocenters. The number of likely N-dealkylation sites (tertiary alicyclic amines) is 1. The van der Waals surface area contributed by atoms with Crippen LogP contribution >= 0.6 is 0 Å². The van der Waals surface area contributed by atoms with E-state index in [0.717, 1.165) is 12.5 Å². The van der Waals surface area contributed by atoms with Gasteiger partial charge in [-0.3, -0.25) is 4.79 Å². The Morgan fingerprint density at radius 3 is 2.61 bits per heavy atom. The van der Waals surface area contributed by atoms with Crippen LogP contribution in [0, 0.1) is 17.8 Å². The van der Waals surface area contributed by atoms with Crippen molar-refractivity contribution in [2.45, 2.75) is 52.9 Å². The van der Waals surface area contributed by atoms with Gasteiger partial charge in [-0.1, -0.05) is 33.6 Å². The Hall–Kier alpha value is -0.570. The summed E-state index contributed by atoms with van der Waals surface area (Å²) in [6.45, 7) is 10.1. The summed E-state index contributed by atoms with van der Waals surface area (Å²) in [5, 5.41) is 8.89. The third-order valence-electron chi connectivity index (χ3n) is 4.51. The zero-order valence-corrected chi connectivity index (χ0v) is 12.2. The predicted molar refractivity (Wildman–Crippen MR) is 74.7 cm³/mol. The molecule has 0 aliphatic carbocycles. The molecule has 1 aliphatic rings. The number of aliphatic carboxylic acids is 1.